The van der Waals surface area contributed by atoms with E-state index in [9.17, 15) is 4.79 Å². The van der Waals surface area contributed by atoms with Crippen LogP contribution in [-0.2, 0) is 0 Å². The molecule has 0 spiro atoms. The Balaban J connectivity index is 1.44. The molecule has 1 saturated heterocycles. The fourth-order valence-corrected chi connectivity index (χ4v) is 3.88. The third-order valence-corrected chi connectivity index (χ3v) is 5.94. The van der Waals surface area contributed by atoms with Crippen molar-refractivity contribution in [3.05, 3.63) is 76.3 Å². The molecule has 2 aromatic carbocycles. The summed E-state index contributed by atoms with van der Waals surface area (Å²) in [6, 6.07) is 10.9. The van der Waals surface area contributed by atoms with Crippen molar-refractivity contribution in [2.24, 2.45) is 0 Å². The van der Waals surface area contributed by atoms with Crippen LogP contribution in [0.3, 0.4) is 0 Å². The first-order valence-corrected chi connectivity index (χ1v) is 10.3. The summed E-state index contributed by atoms with van der Waals surface area (Å²) < 4.78 is 5.50. The highest BCUT2D eigenvalue weighted by Crippen LogP contribution is 2.35. The maximum absolute atomic E-state index is 13.4. The Morgan fingerprint density at radius 3 is 2.71 bits per heavy atom. The van der Waals surface area contributed by atoms with Crippen LogP contribution in [0.2, 0.25) is 5.02 Å². The Labute approximate surface area is 183 Å². The lowest BCUT2D eigenvalue weighted by atomic mass is 9.99. The number of rotatable bonds is 4. The number of aromatic nitrogens is 5. The molecule has 156 valence electrons. The first kappa shape index (κ1) is 19.4. The number of halogens is 1. The van der Waals surface area contributed by atoms with Gasteiger partial charge in [0.15, 0.2) is 5.82 Å². The molecule has 0 radical (unpaired) electrons. The zero-order valence-corrected chi connectivity index (χ0v) is 17.7. The van der Waals surface area contributed by atoms with Crippen molar-refractivity contribution in [1.29, 1.82) is 0 Å². The van der Waals surface area contributed by atoms with Crippen LogP contribution < -0.4 is 0 Å². The molecule has 0 saturated carbocycles. The lowest BCUT2D eigenvalue weighted by Crippen LogP contribution is -2.46. The average molecular weight is 435 g/mol. The molecule has 1 amide bonds. The van der Waals surface area contributed by atoms with Crippen LogP contribution in [0, 0.1) is 13.8 Å². The van der Waals surface area contributed by atoms with Crippen molar-refractivity contribution < 1.29 is 9.32 Å². The fraction of sp³-hybridized carbons (Fsp3) is 0.227. The molecule has 5 rings (SSSR count). The van der Waals surface area contributed by atoms with E-state index in [0.29, 0.717) is 34.5 Å². The third-order valence-electron chi connectivity index (χ3n) is 5.54. The van der Waals surface area contributed by atoms with Crippen LogP contribution >= 0.6 is 11.6 Å². The van der Waals surface area contributed by atoms with Crippen molar-refractivity contribution in [3.8, 4) is 17.1 Å². The molecule has 0 aliphatic carbocycles. The van der Waals surface area contributed by atoms with E-state index in [2.05, 4.69) is 20.3 Å². The van der Waals surface area contributed by atoms with E-state index in [1.54, 1.807) is 17.3 Å². The number of likely N-dealkylation sites (tertiary alicyclic amines) is 1. The van der Waals surface area contributed by atoms with Gasteiger partial charge in [-0.1, -0.05) is 34.5 Å². The number of aryl methyl sites for hydroxylation is 1. The van der Waals surface area contributed by atoms with Crippen LogP contribution in [0.1, 0.15) is 39.8 Å². The summed E-state index contributed by atoms with van der Waals surface area (Å²) in [5.74, 6) is 0.768. The topological polar surface area (TPSA) is 89.9 Å². The molecular weight excluding hydrogens is 416 g/mol. The summed E-state index contributed by atoms with van der Waals surface area (Å²) in [5, 5.41) is 13.1. The smallest absolute Gasteiger partial charge is 0.258 e. The Hall–Kier alpha value is -3.52. The van der Waals surface area contributed by atoms with Gasteiger partial charge in [0.2, 0.25) is 0 Å². The van der Waals surface area contributed by atoms with E-state index in [1.165, 1.54) is 4.80 Å². The van der Waals surface area contributed by atoms with Crippen LogP contribution in [0.5, 0.6) is 0 Å². The first-order valence-electron chi connectivity index (χ1n) is 9.90. The Morgan fingerprint density at radius 2 is 1.97 bits per heavy atom. The molecule has 1 fully saturated rings. The number of carbonyl (C=O) groups excluding carboxylic acids is 1. The number of nitrogens with zero attached hydrogens (tertiary/aromatic N) is 6. The summed E-state index contributed by atoms with van der Waals surface area (Å²) in [6.45, 7) is 4.47. The summed E-state index contributed by atoms with van der Waals surface area (Å²) in [7, 11) is 0. The number of amides is 1. The van der Waals surface area contributed by atoms with Crippen LogP contribution in [0.15, 0.2) is 53.3 Å². The number of benzene rings is 2. The van der Waals surface area contributed by atoms with Crippen molar-refractivity contribution in [3.63, 3.8) is 0 Å². The maximum atomic E-state index is 13.4. The van der Waals surface area contributed by atoms with Gasteiger partial charge in [0.1, 0.15) is 0 Å². The molecule has 31 heavy (non-hydrogen) atoms. The van der Waals surface area contributed by atoms with Crippen molar-refractivity contribution in [2.45, 2.75) is 26.3 Å². The molecule has 0 bridgehead atoms. The lowest BCUT2D eigenvalue weighted by Gasteiger charge is -2.39. The molecule has 0 unspecified atom stereocenters. The quantitative estimate of drug-likeness (QED) is 0.478. The normalized spacial score (nSPS) is 15.7. The van der Waals surface area contributed by atoms with Crippen LogP contribution in [-0.4, -0.2) is 42.5 Å². The van der Waals surface area contributed by atoms with E-state index in [1.807, 2.05) is 50.2 Å². The minimum Gasteiger partial charge on any atom is -0.334 e. The standard InChI is InChI=1S/C22H19ClN6O2/c1-13-6-7-18(29-24-9-10-25-29)16(12-13)22(30)28-11-8-19(28)20-26-21(31-27-20)15-4-3-5-17(23)14(15)2/h3-7,9-10,12,19H,8,11H2,1-2H3/t19-/m0/s1. The highest BCUT2D eigenvalue weighted by molar-refractivity contribution is 6.31. The van der Waals surface area contributed by atoms with Gasteiger partial charge < -0.3 is 9.42 Å². The van der Waals surface area contributed by atoms with E-state index in [4.69, 9.17) is 16.1 Å². The van der Waals surface area contributed by atoms with Gasteiger partial charge in [-0.2, -0.15) is 20.0 Å². The van der Waals surface area contributed by atoms with Gasteiger partial charge in [-0.25, -0.2) is 0 Å². The second kappa shape index (κ2) is 7.63. The molecular formula is C22H19ClN6O2. The van der Waals surface area contributed by atoms with E-state index >= 15 is 0 Å². The van der Waals surface area contributed by atoms with E-state index in [-0.39, 0.29) is 11.9 Å². The minimum atomic E-state index is -0.247. The largest absolute Gasteiger partial charge is 0.334 e. The zero-order valence-electron chi connectivity index (χ0n) is 17.0. The minimum absolute atomic E-state index is 0.113. The summed E-state index contributed by atoms with van der Waals surface area (Å²) in [6.07, 6.45) is 3.93. The third kappa shape index (κ3) is 3.38. The second-order valence-electron chi connectivity index (χ2n) is 7.51. The summed E-state index contributed by atoms with van der Waals surface area (Å²) in [5.41, 5.74) is 3.81. The van der Waals surface area contributed by atoms with Gasteiger partial charge in [-0.15, -0.1) is 0 Å². The monoisotopic (exact) mass is 434 g/mol. The average Bonchev–Trinajstić information content (AvgIpc) is 3.42. The predicted molar refractivity (Wildman–Crippen MR) is 114 cm³/mol. The number of hydrogen-bond acceptors (Lipinski definition) is 6. The van der Waals surface area contributed by atoms with Crippen molar-refractivity contribution in [2.75, 3.05) is 6.54 Å². The molecule has 9 heteroatoms. The Morgan fingerprint density at radius 1 is 1.16 bits per heavy atom. The lowest BCUT2D eigenvalue weighted by molar-refractivity contribution is 0.0435. The van der Waals surface area contributed by atoms with Gasteiger partial charge in [0.25, 0.3) is 11.8 Å². The number of hydrogen-bond donors (Lipinski definition) is 0. The molecule has 1 atom stereocenters. The van der Waals surface area contributed by atoms with Gasteiger partial charge >= 0.3 is 0 Å². The molecule has 3 heterocycles. The second-order valence-corrected chi connectivity index (χ2v) is 7.92. The maximum Gasteiger partial charge on any atom is 0.258 e. The highest BCUT2D eigenvalue weighted by Gasteiger charge is 2.38. The van der Waals surface area contributed by atoms with Crippen molar-refractivity contribution >= 4 is 17.5 Å². The molecule has 0 N–H and O–H groups in total. The van der Waals surface area contributed by atoms with Crippen LogP contribution in [0.25, 0.3) is 17.1 Å². The van der Waals surface area contributed by atoms with Gasteiger partial charge in [-0.3, -0.25) is 4.79 Å². The fourth-order valence-electron chi connectivity index (χ4n) is 3.71. The SMILES string of the molecule is Cc1ccc(-n2nccn2)c(C(=O)N2CC[C@H]2c2noc(-c3cccc(Cl)c3C)n2)c1. The molecule has 4 aromatic rings. The molecule has 1 aliphatic heterocycles. The molecule has 8 nitrogen and oxygen atoms in total. The molecule has 2 aromatic heterocycles. The molecule has 1 aliphatic rings. The predicted octanol–water partition coefficient (Wildman–Crippen LogP) is 4.17. The van der Waals surface area contributed by atoms with E-state index < -0.39 is 0 Å². The van der Waals surface area contributed by atoms with Crippen molar-refractivity contribution in [1.82, 2.24) is 30.0 Å². The van der Waals surface area contributed by atoms with Gasteiger partial charge in [0, 0.05) is 17.1 Å². The van der Waals surface area contributed by atoms with E-state index in [0.717, 1.165) is 23.1 Å². The first-order chi connectivity index (χ1) is 15.0. The Kier molecular flexibility index (Phi) is 4.78. The number of carbonyl (C=O) groups is 1. The highest BCUT2D eigenvalue weighted by atomic mass is 35.5. The zero-order chi connectivity index (χ0) is 21.5. The van der Waals surface area contributed by atoms with Crippen LogP contribution in [0.4, 0.5) is 0 Å². The van der Waals surface area contributed by atoms with Gasteiger partial charge in [-0.05, 0) is 50.1 Å². The van der Waals surface area contributed by atoms with Gasteiger partial charge in [0.05, 0.1) is 29.7 Å². The Bertz CT molecular complexity index is 1270. The summed E-state index contributed by atoms with van der Waals surface area (Å²) in [4.78, 5) is 21.2. The summed E-state index contributed by atoms with van der Waals surface area (Å²) >= 11 is 6.22.